The summed E-state index contributed by atoms with van der Waals surface area (Å²) < 4.78 is 0. The Balaban J connectivity index is 2.08. The van der Waals surface area contributed by atoms with Crippen LogP contribution in [0.1, 0.15) is 5.56 Å². The number of hydrogen-bond donors (Lipinski definition) is 1. The lowest BCUT2D eigenvalue weighted by molar-refractivity contribution is 0.872. The molecule has 0 spiro atoms. The van der Waals surface area contributed by atoms with E-state index in [1.165, 1.54) is 5.56 Å². The van der Waals surface area contributed by atoms with E-state index in [2.05, 4.69) is 27.0 Å². The Morgan fingerprint density at radius 1 is 1.33 bits per heavy atom. The number of nitrogen functional groups attached to an aromatic ring is 1. The third kappa shape index (κ3) is 2.44. The van der Waals surface area contributed by atoms with Crippen molar-refractivity contribution in [3.63, 3.8) is 0 Å². The molecule has 2 N–H and O–H groups in total. The Bertz CT molecular complexity index is 409. The first-order valence-corrected chi connectivity index (χ1v) is 5.51. The molecule has 0 aliphatic carbocycles. The lowest BCUT2D eigenvalue weighted by Crippen LogP contribution is -2.17. The highest BCUT2D eigenvalue weighted by Gasteiger charge is 2.03. The van der Waals surface area contributed by atoms with E-state index >= 15 is 0 Å². The molecule has 4 nitrogen and oxygen atoms in total. The van der Waals surface area contributed by atoms with Crippen molar-refractivity contribution in [2.24, 2.45) is 0 Å². The van der Waals surface area contributed by atoms with Gasteiger partial charge in [-0.05, 0) is 34.5 Å². The van der Waals surface area contributed by atoms with E-state index in [1.807, 2.05) is 18.0 Å². The fourth-order valence-electron chi connectivity index (χ4n) is 1.28. The van der Waals surface area contributed by atoms with Crippen molar-refractivity contribution in [3.8, 4) is 0 Å². The van der Waals surface area contributed by atoms with E-state index in [0.29, 0.717) is 5.82 Å². The van der Waals surface area contributed by atoms with Crippen molar-refractivity contribution < 1.29 is 0 Å². The van der Waals surface area contributed by atoms with Crippen LogP contribution in [0.4, 0.5) is 11.6 Å². The molecule has 0 fully saturated rings. The van der Waals surface area contributed by atoms with E-state index in [-0.39, 0.29) is 0 Å². The molecule has 0 aliphatic heterocycles. The average molecular weight is 220 g/mol. The summed E-state index contributed by atoms with van der Waals surface area (Å²) in [5.74, 6) is 1.28. The van der Waals surface area contributed by atoms with Gasteiger partial charge in [-0.2, -0.15) is 11.3 Å². The van der Waals surface area contributed by atoms with Crippen LogP contribution in [0.25, 0.3) is 0 Å². The van der Waals surface area contributed by atoms with Crippen LogP contribution in [-0.4, -0.2) is 17.2 Å². The quantitative estimate of drug-likeness (QED) is 0.856. The topological polar surface area (TPSA) is 55.0 Å². The summed E-state index contributed by atoms with van der Waals surface area (Å²) in [4.78, 5) is 2.04. The number of nitrogens with two attached hydrogens (primary N) is 1. The van der Waals surface area contributed by atoms with E-state index in [4.69, 9.17) is 5.73 Å². The van der Waals surface area contributed by atoms with Gasteiger partial charge in [-0.15, -0.1) is 10.2 Å². The minimum atomic E-state index is 0.447. The number of rotatable bonds is 3. The van der Waals surface area contributed by atoms with Gasteiger partial charge in [0.15, 0.2) is 5.82 Å². The predicted molar refractivity (Wildman–Crippen MR) is 62.9 cm³/mol. The van der Waals surface area contributed by atoms with Gasteiger partial charge in [0, 0.05) is 13.6 Å². The lowest BCUT2D eigenvalue weighted by atomic mass is 10.3. The van der Waals surface area contributed by atoms with Gasteiger partial charge in [-0.3, -0.25) is 0 Å². The molecule has 0 unspecified atom stereocenters. The van der Waals surface area contributed by atoms with Crippen molar-refractivity contribution >= 4 is 23.0 Å². The second kappa shape index (κ2) is 4.27. The summed E-state index contributed by atoms with van der Waals surface area (Å²) in [5.41, 5.74) is 6.75. The van der Waals surface area contributed by atoms with E-state index in [0.717, 1.165) is 12.4 Å². The van der Waals surface area contributed by atoms with Gasteiger partial charge in [0.05, 0.1) is 0 Å². The molecule has 0 bridgehead atoms. The van der Waals surface area contributed by atoms with E-state index in [1.54, 1.807) is 17.4 Å². The summed E-state index contributed by atoms with van der Waals surface area (Å²) >= 11 is 1.70. The summed E-state index contributed by atoms with van der Waals surface area (Å²) in [6.45, 7) is 0.835. The molecule has 0 saturated heterocycles. The first-order chi connectivity index (χ1) is 7.25. The monoisotopic (exact) mass is 220 g/mol. The molecule has 0 radical (unpaired) electrons. The maximum atomic E-state index is 5.47. The van der Waals surface area contributed by atoms with Crippen molar-refractivity contribution in [1.82, 2.24) is 10.2 Å². The second-order valence-electron chi connectivity index (χ2n) is 3.30. The fraction of sp³-hybridized carbons (Fsp3) is 0.200. The Hall–Kier alpha value is -1.62. The summed E-state index contributed by atoms with van der Waals surface area (Å²) in [5, 5.41) is 12.0. The van der Waals surface area contributed by atoms with Crippen LogP contribution in [0.3, 0.4) is 0 Å². The van der Waals surface area contributed by atoms with Crippen molar-refractivity contribution in [2.75, 3.05) is 17.7 Å². The molecule has 2 aromatic rings. The highest BCUT2D eigenvalue weighted by atomic mass is 32.1. The summed E-state index contributed by atoms with van der Waals surface area (Å²) in [6, 6.07) is 5.73. The molecule has 0 aliphatic rings. The van der Waals surface area contributed by atoms with Gasteiger partial charge >= 0.3 is 0 Å². The van der Waals surface area contributed by atoms with Crippen molar-refractivity contribution in [2.45, 2.75) is 6.54 Å². The van der Waals surface area contributed by atoms with Gasteiger partial charge in [0.2, 0.25) is 0 Å². The minimum Gasteiger partial charge on any atom is -0.382 e. The van der Waals surface area contributed by atoms with Crippen LogP contribution in [0, 0.1) is 0 Å². The highest BCUT2D eigenvalue weighted by molar-refractivity contribution is 7.07. The summed E-state index contributed by atoms with van der Waals surface area (Å²) in [7, 11) is 1.98. The van der Waals surface area contributed by atoms with Crippen LogP contribution in [0.5, 0.6) is 0 Å². The predicted octanol–water partition coefficient (Wildman–Crippen LogP) is 1.76. The second-order valence-corrected chi connectivity index (χ2v) is 4.08. The third-order valence-electron chi connectivity index (χ3n) is 2.06. The van der Waals surface area contributed by atoms with Crippen LogP contribution in [0.2, 0.25) is 0 Å². The van der Waals surface area contributed by atoms with Gasteiger partial charge in [-0.25, -0.2) is 0 Å². The normalized spacial score (nSPS) is 10.2. The highest BCUT2D eigenvalue weighted by Crippen LogP contribution is 2.14. The number of aromatic nitrogens is 2. The maximum absolute atomic E-state index is 5.47. The van der Waals surface area contributed by atoms with Gasteiger partial charge in [0.1, 0.15) is 5.82 Å². The van der Waals surface area contributed by atoms with E-state index in [9.17, 15) is 0 Å². The SMILES string of the molecule is CN(Cc1ccsc1)c1ccc(N)nn1. The molecule has 2 aromatic heterocycles. The molecule has 2 rings (SSSR count). The van der Waals surface area contributed by atoms with E-state index < -0.39 is 0 Å². The lowest BCUT2D eigenvalue weighted by Gasteiger charge is -2.16. The van der Waals surface area contributed by atoms with Crippen LogP contribution < -0.4 is 10.6 Å². The minimum absolute atomic E-state index is 0.447. The Kier molecular flexibility index (Phi) is 2.82. The fourth-order valence-corrected chi connectivity index (χ4v) is 1.94. The Morgan fingerprint density at radius 2 is 2.20 bits per heavy atom. The molecule has 0 aromatic carbocycles. The molecule has 2 heterocycles. The molecule has 0 amide bonds. The Morgan fingerprint density at radius 3 is 2.80 bits per heavy atom. The molecule has 5 heteroatoms. The number of anilines is 2. The molecular weight excluding hydrogens is 208 g/mol. The largest absolute Gasteiger partial charge is 0.382 e. The third-order valence-corrected chi connectivity index (χ3v) is 2.79. The zero-order valence-electron chi connectivity index (χ0n) is 8.42. The van der Waals surface area contributed by atoms with Gasteiger partial charge < -0.3 is 10.6 Å². The van der Waals surface area contributed by atoms with Crippen LogP contribution in [0.15, 0.2) is 29.0 Å². The smallest absolute Gasteiger partial charge is 0.151 e. The summed E-state index contributed by atoms with van der Waals surface area (Å²) in [6.07, 6.45) is 0. The standard InChI is InChI=1S/C10H12N4S/c1-14(6-8-4-5-15-7-8)10-3-2-9(11)12-13-10/h2-5,7H,6H2,1H3,(H2,11,12). The van der Waals surface area contributed by atoms with Gasteiger partial charge in [0.25, 0.3) is 0 Å². The molecule has 0 saturated carbocycles. The molecular formula is C10H12N4S. The zero-order valence-corrected chi connectivity index (χ0v) is 9.24. The van der Waals surface area contributed by atoms with Gasteiger partial charge in [-0.1, -0.05) is 0 Å². The first kappa shape index (κ1) is 9.92. The van der Waals surface area contributed by atoms with Crippen molar-refractivity contribution in [1.29, 1.82) is 0 Å². The zero-order chi connectivity index (χ0) is 10.7. The molecule has 78 valence electrons. The number of thiophene rings is 1. The van der Waals surface area contributed by atoms with Crippen LogP contribution in [-0.2, 0) is 6.54 Å². The van der Waals surface area contributed by atoms with Crippen molar-refractivity contribution in [3.05, 3.63) is 34.5 Å². The number of nitrogens with zero attached hydrogens (tertiary/aromatic N) is 3. The molecule has 15 heavy (non-hydrogen) atoms. The first-order valence-electron chi connectivity index (χ1n) is 4.57. The number of hydrogen-bond acceptors (Lipinski definition) is 5. The average Bonchev–Trinajstić information content (AvgIpc) is 2.71. The Labute approximate surface area is 92.4 Å². The molecule has 0 atom stereocenters. The van der Waals surface area contributed by atoms with Crippen LogP contribution >= 0.6 is 11.3 Å². The maximum Gasteiger partial charge on any atom is 0.151 e.